The van der Waals surface area contributed by atoms with E-state index in [2.05, 4.69) is 9.82 Å². The van der Waals surface area contributed by atoms with Gasteiger partial charge in [-0.2, -0.15) is 0 Å². The number of nitrogens with one attached hydrogen (secondary N) is 1. The van der Waals surface area contributed by atoms with Crippen molar-refractivity contribution < 1.29 is 29.0 Å². The Bertz CT molecular complexity index is 785. The molecule has 1 aromatic heterocycles. The summed E-state index contributed by atoms with van der Waals surface area (Å²) < 4.78 is 11.0. The van der Waals surface area contributed by atoms with Crippen molar-refractivity contribution in [2.75, 3.05) is 6.61 Å². The van der Waals surface area contributed by atoms with Crippen molar-refractivity contribution in [1.29, 1.82) is 0 Å². The number of nitrogens with zero attached hydrogens (tertiary/aromatic N) is 1. The predicted molar refractivity (Wildman–Crippen MR) is 92.6 cm³/mol. The van der Waals surface area contributed by atoms with Gasteiger partial charge in [0.2, 0.25) is 5.88 Å². The van der Waals surface area contributed by atoms with Gasteiger partial charge in [0.15, 0.2) is 12.7 Å². The molecule has 0 radical (unpaired) electrons. The predicted octanol–water partition coefficient (Wildman–Crippen LogP) is 3.08. The first-order valence-electron chi connectivity index (χ1n) is 7.24. The van der Waals surface area contributed by atoms with Gasteiger partial charge < -0.3 is 14.6 Å². The van der Waals surface area contributed by atoms with Crippen molar-refractivity contribution in [2.45, 2.75) is 13.0 Å². The quantitative estimate of drug-likeness (QED) is 0.655. The van der Waals surface area contributed by atoms with Gasteiger partial charge in [-0.3, -0.25) is 9.63 Å². The highest BCUT2D eigenvalue weighted by Gasteiger charge is 2.15. The van der Waals surface area contributed by atoms with Crippen molar-refractivity contribution in [3.8, 4) is 17.4 Å². The molecule has 1 amide bonds. The lowest BCUT2D eigenvalue weighted by Gasteiger charge is -2.14. The minimum absolute atomic E-state index is 0.202. The molecule has 1 heterocycles. The lowest BCUT2D eigenvalue weighted by atomic mass is 10.3. The first kappa shape index (κ1) is 19.8. The molecule has 2 aromatic rings. The van der Waals surface area contributed by atoms with E-state index in [1.54, 1.807) is 24.3 Å². The fourth-order valence-electron chi connectivity index (χ4n) is 1.68. The van der Waals surface area contributed by atoms with Crippen LogP contribution in [0.25, 0.3) is 0 Å². The summed E-state index contributed by atoms with van der Waals surface area (Å²) in [6, 6.07) is 7.89. The Kier molecular flexibility index (Phi) is 7.02. The van der Waals surface area contributed by atoms with Crippen LogP contribution in [-0.4, -0.2) is 34.7 Å². The van der Waals surface area contributed by atoms with Gasteiger partial charge >= 0.3 is 5.97 Å². The molecule has 0 saturated heterocycles. The number of hydroxylamine groups is 1. The molecule has 26 heavy (non-hydrogen) atoms. The summed E-state index contributed by atoms with van der Waals surface area (Å²) in [7, 11) is 0. The average Bonchev–Trinajstić information content (AvgIpc) is 2.58. The molecule has 8 nitrogen and oxygen atoms in total. The molecule has 1 atom stereocenters. The third kappa shape index (κ3) is 6.07. The summed E-state index contributed by atoms with van der Waals surface area (Å²) in [5.41, 5.74) is 1.99. The van der Waals surface area contributed by atoms with Crippen LogP contribution in [0, 0.1) is 0 Å². The van der Waals surface area contributed by atoms with Crippen molar-refractivity contribution in [3.05, 3.63) is 46.6 Å². The molecule has 138 valence electrons. The average molecular weight is 401 g/mol. The number of pyridine rings is 1. The smallest absolute Gasteiger partial charge is 0.332 e. The van der Waals surface area contributed by atoms with Crippen LogP contribution in [0.5, 0.6) is 17.4 Å². The molecule has 0 aliphatic carbocycles. The molecule has 0 saturated carbocycles. The zero-order chi connectivity index (χ0) is 19.1. The number of amides is 1. The molecule has 0 spiro atoms. The molecule has 10 heteroatoms. The Labute approximate surface area is 158 Å². The molecule has 0 aliphatic heterocycles. The van der Waals surface area contributed by atoms with Crippen molar-refractivity contribution in [2.24, 2.45) is 0 Å². The lowest BCUT2D eigenvalue weighted by molar-refractivity contribution is -0.151. The minimum Gasteiger partial charge on any atom is -0.481 e. The molecule has 0 bridgehead atoms. The van der Waals surface area contributed by atoms with E-state index in [0.717, 1.165) is 0 Å². The standard InChI is InChI=1S/C16H14Cl2N2O6/c1-9(15(23)20-24-8-14(21)22)25-11-2-4-12(5-3-11)26-16-13(18)6-10(17)7-19-16/h2-7,9H,8H2,1H3,(H,20,23)(H,21,22). The Morgan fingerprint density at radius 2 is 1.88 bits per heavy atom. The van der Waals surface area contributed by atoms with Gasteiger partial charge in [-0.25, -0.2) is 15.3 Å². The fraction of sp³-hybridized carbons (Fsp3) is 0.188. The number of carbonyl (C=O) groups is 2. The number of hydrogen-bond acceptors (Lipinski definition) is 6. The Balaban J connectivity index is 1.90. The van der Waals surface area contributed by atoms with Crippen LogP contribution < -0.4 is 15.0 Å². The van der Waals surface area contributed by atoms with Gasteiger partial charge in [-0.15, -0.1) is 0 Å². The number of carboxylic acid groups (broad SMARTS) is 1. The van der Waals surface area contributed by atoms with Gasteiger partial charge in [-0.05, 0) is 37.3 Å². The van der Waals surface area contributed by atoms with Crippen molar-refractivity contribution in [3.63, 3.8) is 0 Å². The summed E-state index contributed by atoms with van der Waals surface area (Å²) in [4.78, 5) is 30.5. The van der Waals surface area contributed by atoms with Gasteiger partial charge in [0.05, 0.1) is 5.02 Å². The van der Waals surface area contributed by atoms with Crippen LogP contribution in [0.15, 0.2) is 36.5 Å². The van der Waals surface area contributed by atoms with Gasteiger partial charge in [0, 0.05) is 6.20 Å². The van der Waals surface area contributed by atoms with Crippen LogP contribution in [0.3, 0.4) is 0 Å². The van der Waals surface area contributed by atoms with E-state index in [0.29, 0.717) is 16.5 Å². The molecule has 1 unspecified atom stereocenters. The highest BCUT2D eigenvalue weighted by atomic mass is 35.5. The molecular formula is C16H14Cl2N2O6. The van der Waals surface area contributed by atoms with Crippen molar-refractivity contribution >= 4 is 35.1 Å². The molecule has 1 aromatic carbocycles. The first-order chi connectivity index (χ1) is 12.3. The second-order valence-electron chi connectivity index (χ2n) is 4.92. The maximum atomic E-state index is 11.7. The van der Waals surface area contributed by atoms with Gasteiger partial charge in [-0.1, -0.05) is 23.2 Å². The fourth-order valence-corrected chi connectivity index (χ4v) is 2.10. The monoisotopic (exact) mass is 400 g/mol. The second kappa shape index (κ2) is 9.23. The second-order valence-corrected chi connectivity index (χ2v) is 5.77. The number of hydrogen-bond donors (Lipinski definition) is 2. The number of rotatable bonds is 8. The third-order valence-electron chi connectivity index (χ3n) is 2.86. The molecular weight excluding hydrogens is 387 g/mol. The summed E-state index contributed by atoms with van der Waals surface area (Å²) in [5, 5.41) is 9.09. The Hall–Kier alpha value is -2.55. The summed E-state index contributed by atoms with van der Waals surface area (Å²) in [5.74, 6) is -0.772. The minimum atomic E-state index is -1.20. The van der Waals surface area contributed by atoms with Crippen LogP contribution >= 0.6 is 23.2 Å². The number of aliphatic carboxylic acids is 1. The summed E-state index contributed by atoms with van der Waals surface area (Å²) in [6.07, 6.45) is 0.510. The van der Waals surface area contributed by atoms with Crippen molar-refractivity contribution in [1.82, 2.24) is 10.5 Å². The van der Waals surface area contributed by atoms with E-state index in [-0.39, 0.29) is 10.9 Å². The largest absolute Gasteiger partial charge is 0.481 e. The van der Waals surface area contributed by atoms with Crippen LogP contribution in [0.4, 0.5) is 0 Å². The summed E-state index contributed by atoms with van der Waals surface area (Å²) in [6.45, 7) is 0.840. The number of carboxylic acids is 1. The van der Waals surface area contributed by atoms with Crippen LogP contribution in [0.2, 0.25) is 10.0 Å². The third-order valence-corrected chi connectivity index (χ3v) is 3.34. The number of ether oxygens (including phenoxy) is 2. The molecule has 0 aliphatic rings. The molecule has 2 rings (SSSR count). The zero-order valence-corrected chi connectivity index (χ0v) is 15.0. The highest BCUT2D eigenvalue weighted by Crippen LogP contribution is 2.29. The number of carbonyl (C=O) groups excluding carboxylic acids is 1. The van der Waals surface area contributed by atoms with Crippen LogP contribution in [-0.2, 0) is 14.4 Å². The summed E-state index contributed by atoms with van der Waals surface area (Å²) >= 11 is 11.8. The van der Waals surface area contributed by atoms with E-state index >= 15 is 0 Å². The van der Waals surface area contributed by atoms with Gasteiger partial charge in [0.1, 0.15) is 16.5 Å². The lowest BCUT2D eigenvalue weighted by Crippen LogP contribution is -2.37. The van der Waals surface area contributed by atoms with E-state index in [1.165, 1.54) is 19.2 Å². The zero-order valence-electron chi connectivity index (χ0n) is 13.4. The van der Waals surface area contributed by atoms with E-state index in [1.807, 2.05) is 5.48 Å². The first-order valence-corrected chi connectivity index (χ1v) is 8.00. The number of aromatic nitrogens is 1. The number of halogens is 2. The number of benzene rings is 1. The normalized spacial score (nSPS) is 11.5. The van der Waals surface area contributed by atoms with E-state index < -0.39 is 24.6 Å². The van der Waals surface area contributed by atoms with Crippen LogP contribution in [0.1, 0.15) is 6.92 Å². The van der Waals surface area contributed by atoms with E-state index in [9.17, 15) is 9.59 Å². The maximum absolute atomic E-state index is 11.7. The van der Waals surface area contributed by atoms with E-state index in [4.69, 9.17) is 37.8 Å². The topological polar surface area (TPSA) is 107 Å². The molecule has 0 fully saturated rings. The Morgan fingerprint density at radius 3 is 2.50 bits per heavy atom. The highest BCUT2D eigenvalue weighted by molar-refractivity contribution is 6.35. The SMILES string of the molecule is CC(Oc1ccc(Oc2ncc(Cl)cc2Cl)cc1)C(=O)NOCC(=O)O. The maximum Gasteiger partial charge on any atom is 0.332 e. The Morgan fingerprint density at radius 1 is 1.23 bits per heavy atom. The molecule has 2 N–H and O–H groups in total. The van der Waals surface area contributed by atoms with Gasteiger partial charge in [0.25, 0.3) is 5.91 Å².